The second-order valence-corrected chi connectivity index (χ2v) is 3.98. The van der Waals surface area contributed by atoms with Gasteiger partial charge in [0.1, 0.15) is 0 Å². The van der Waals surface area contributed by atoms with Crippen LogP contribution in [0.4, 0.5) is 5.69 Å². The first-order chi connectivity index (χ1) is 9.22. The standard InChI is InChI=1S/C14H12N2O3/c17-10-15-14(11-5-2-1-3-6-11)12-7-4-8-13(9-12)16(18)19/h1-10,14H,(H,15,17)/t14-/m0/s1. The number of hydrogen-bond acceptors (Lipinski definition) is 3. The zero-order valence-corrected chi connectivity index (χ0v) is 10.0. The van der Waals surface area contributed by atoms with Crippen LogP contribution in [0.25, 0.3) is 0 Å². The number of amides is 1. The fraction of sp³-hybridized carbons (Fsp3) is 0.0714. The van der Waals surface area contributed by atoms with Crippen molar-refractivity contribution in [2.24, 2.45) is 0 Å². The number of nitrogens with zero attached hydrogens (tertiary/aromatic N) is 1. The Bertz CT molecular complexity index is 584. The number of rotatable bonds is 5. The van der Waals surface area contributed by atoms with Gasteiger partial charge < -0.3 is 5.32 Å². The van der Waals surface area contributed by atoms with Crippen LogP contribution in [0.5, 0.6) is 0 Å². The van der Waals surface area contributed by atoms with Gasteiger partial charge in [-0.25, -0.2) is 0 Å². The Balaban J connectivity index is 2.42. The van der Waals surface area contributed by atoms with Crippen LogP contribution in [-0.2, 0) is 4.79 Å². The fourth-order valence-corrected chi connectivity index (χ4v) is 1.92. The van der Waals surface area contributed by atoms with Crippen LogP contribution in [0.15, 0.2) is 54.6 Å². The molecule has 0 saturated carbocycles. The zero-order chi connectivity index (χ0) is 13.7. The van der Waals surface area contributed by atoms with E-state index in [0.29, 0.717) is 12.0 Å². The van der Waals surface area contributed by atoms with Gasteiger partial charge in [0.05, 0.1) is 11.0 Å². The smallest absolute Gasteiger partial charge is 0.269 e. The molecule has 1 N–H and O–H groups in total. The maximum absolute atomic E-state index is 10.8. The Labute approximate surface area is 110 Å². The summed E-state index contributed by atoms with van der Waals surface area (Å²) in [4.78, 5) is 21.1. The van der Waals surface area contributed by atoms with Crippen molar-refractivity contribution in [1.82, 2.24) is 5.32 Å². The normalized spacial score (nSPS) is 11.6. The Kier molecular flexibility index (Phi) is 3.87. The lowest BCUT2D eigenvalue weighted by atomic mass is 9.98. The summed E-state index contributed by atoms with van der Waals surface area (Å²) in [5.74, 6) is 0. The molecule has 0 saturated heterocycles. The van der Waals surface area contributed by atoms with Gasteiger partial charge in [0.2, 0.25) is 6.41 Å². The largest absolute Gasteiger partial charge is 0.348 e. The SMILES string of the molecule is O=CN[C@@H](c1ccccc1)c1cccc([N+](=O)[O-])c1. The molecule has 0 radical (unpaired) electrons. The topological polar surface area (TPSA) is 72.2 Å². The van der Waals surface area contributed by atoms with E-state index in [1.165, 1.54) is 12.1 Å². The highest BCUT2D eigenvalue weighted by atomic mass is 16.6. The van der Waals surface area contributed by atoms with Crippen molar-refractivity contribution in [3.63, 3.8) is 0 Å². The van der Waals surface area contributed by atoms with Crippen LogP contribution < -0.4 is 5.32 Å². The fourth-order valence-electron chi connectivity index (χ4n) is 1.92. The predicted molar refractivity (Wildman–Crippen MR) is 70.6 cm³/mol. The van der Waals surface area contributed by atoms with E-state index in [4.69, 9.17) is 0 Å². The van der Waals surface area contributed by atoms with E-state index in [2.05, 4.69) is 5.32 Å². The van der Waals surface area contributed by atoms with E-state index in [0.717, 1.165) is 5.56 Å². The van der Waals surface area contributed by atoms with E-state index in [1.54, 1.807) is 12.1 Å². The summed E-state index contributed by atoms with van der Waals surface area (Å²) in [6.45, 7) is 0. The number of hydrogen-bond donors (Lipinski definition) is 1. The maximum atomic E-state index is 10.8. The lowest BCUT2D eigenvalue weighted by Crippen LogP contribution is -2.20. The summed E-state index contributed by atoms with van der Waals surface area (Å²) >= 11 is 0. The van der Waals surface area contributed by atoms with Gasteiger partial charge in [0.25, 0.3) is 5.69 Å². The highest BCUT2D eigenvalue weighted by Crippen LogP contribution is 2.24. The maximum Gasteiger partial charge on any atom is 0.269 e. The molecular formula is C14H12N2O3. The van der Waals surface area contributed by atoms with Gasteiger partial charge in [0.15, 0.2) is 0 Å². The molecule has 0 aromatic heterocycles. The van der Waals surface area contributed by atoms with E-state index in [1.807, 2.05) is 30.3 Å². The zero-order valence-electron chi connectivity index (χ0n) is 10.0. The molecule has 0 aliphatic carbocycles. The quantitative estimate of drug-likeness (QED) is 0.507. The van der Waals surface area contributed by atoms with E-state index in [-0.39, 0.29) is 5.69 Å². The molecule has 0 bridgehead atoms. The first kappa shape index (κ1) is 12.8. The molecule has 19 heavy (non-hydrogen) atoms. The van der Waals surface area contributed by atoms with Gasteiger partial charge in [-0.15, -0.1) is 0 Å². The van der Waals surface area contributed by atoms with Crippen molar-refractivity contribution in [2.45, 2.75) is 6.04 Å². The second kappa shape index (κ2) is 5.77. The minimum Gasteiger partial charge on any atom is -0.348 e. The highest BCUT2D eigenvalue weighted by molar-refractivity contribution is 5.51. The molecule has 0 heterocycles. The van der Waals surface area contributed by atoms with Gasteiger partial charge >= 0.3 is 0 Å². The molecule has 0 unspecified atom stereocenters. The Morgan fingerprint density at radius 3 is 2.37 bits per heavy atom. The molecule has 2 aromatic carbocycles. The van der Waals surface area contributed by atoms with Crippen molar-refractivity contribution in [2.75, 3.05) is 0 Å². The van der Waals surface area contributed by atoms with Crippen molar-refractivity contribution in [3.05, 3.63) is 75.8 Å². The monoisotopic (exact) mass is 256 g/mol. The van der Waals surface area contributed by atoms with Crippen LogP contribution in [0, 0.1) is 10.1 Å². The molecule has 5 nitrogen and oxygen atoms in total. The molecular weight excluding hydrogens is 244 g/mol. The van der Waals surface area contributed by atoms with Gasteiger partial charge in [0, 0.05) is 12.1 Å². The average molecular weight is 256 g/mol. The molecule has 1 amide bonds. The molecule has 0 aliphatic heterocycles. The molecule has 5 heteroatoms. The lowest BCUT2D eigenvalue weighted by Gasteiger charge is -2.16. The van der Waals surface area contributed by atoms with Crippen molar-refractivity contribution in [3.8, 4) is 0 Å². The molecule has 2 rings (SSSR count). The van der Waals surface area contributed by atoms with Gasteiger partial charge in [-0.1, -0.05) is 42.5 Å². The molecule has 96 valence electrons. The second-order valence-electron chi connectivity index (χ2n) is 3.98. The van der Waals surface area contributed by atoms with E-state index < -0.39 is 11.0 Å². The summed E-state index contributed by atoms with van der Waals surface area (Å²) in [7, 11) is 0. The summed E-state index contributed by atoms with van der Waals surface area (Å²) < 4.78 is 0. The third kappa shape index (κ3) is 2.95. The number of benzene rings is 2. The molecule has 1 atom stereocenters. The van der Waals surface area contributed by atoms with Crippen LogP contribution in [0.2, 0.25) is 0 Å². The average Bonchev–Trinajstić information content (AvgIpc) is 2.46. The molecule has 0 fully saturated rings. The molecule has 0 spiro atoms. The number of nitro groups is 1. The van der Waals surface area contributed by atoms with Gasteiger partial charge in [-0.3, -0.25) is 14.9 Å². The Hall–Kier alpha value is -2.69. The van der Waals surface area contributed by atoms with E-state index in [9.17, 15) is 14.9 Å². The van der Waals surface area contributed by atoms with Gasteiger partial charge in [-0.05, 0) is 11.1 Å². The number of carbonyl (C=O) groups is 1. The molecule has 0 aliphatic rings. The van der Waals surface area contributed by atoms with Crippen LogP contribution in [-0.4, -0.2) is 11.3 Å². The summed E-state index contributed by atoms with van der Waals surface area (Å²) in [5, 5.41) is 13.5. The first-order valence-electron chi connectivity index (χ1n) is 5.71. The summed E-state index contributed by atoms with van der Waals surface area (Å²) in [5.41, 5.74) is 1.55. The third-order valence-corrected chi connectivity index (χ3v) is 2.78. The minimum atomic E-state index is -0.452. The molecule has 2 aromatic rings. The third-order valence-electron chi connectivity index (χ3n) is 2.78. The number of non-ortho nitro benzene ring substituents is 1. The number of nitro benzene ring substituents is 1. The Morgan fingerprint density at radius 1 is 1.05 bits per heavy atom. The van der Waals surface area contributed by atoms with Crippen molar-refractivity contribution < 1.29 is 9.72 Å². The van der Waals surface area contributed by atoms with Crippen LogP contribution in [0.1, 0.15) is 17.2 Å². The van der Waals surface area contributed by atoms with Crippen molar-refractivity contribution >= 4 is 12.1 Å². The summed E-state index contributed by atoms with van der Waals surface area (Å²) in [6, 6.07) is 15.2. The van der Waals surface area contributed by atoms with Crippen LogP contribution >= 0.6 is 0 Å². The lowest BCUT2D eigenvalue weighted by molar-refractivity contribution is -0.384. The van der Waals surface area contributed by atoms with Gasteiger partial charge in [-0.2, -0.15) is 0 Å². The highest BCUT2D eigenvalue weighted by Gasteiger charge is 2.15. The summed E-state index contributed by atoms with van der Waals surface area (Å²) in [6.07, 6.45) is 0.594. The Morgan fingerprint density at radius 2 is 1.74 bits per heavy atom. The van der Waals surface area contributed by atoms with Crippen molar-refractivity contribution in [1.29, 1.82) is 0 Å². The minimum absolute atomic E-state index is 0.00568. The first-order valence-corrected chi connectivity index (χ1v) is 5.71. The number of nitrogens with one attached hydrogen (secondary N) is 1. The van der Waals surface area contributed by atoms with Crippen LogP contribution in [0.3, 0.4) is 0 Å². The van der Waals surface area contributed by atoms with E-state index >= 15 is 0 Å². The number of carbonyl (C=O) groups excluding carboxylic acids is 1. The predicted octanol–water partition coefficient (Wildman–Crippen LogP) is 2.43.